The minimum atomic E-state index is 0.885. The number of aromatic nitrogens is 1. The van der Waals surface area contributed by atoms with E-state index in [9.17, 15) is 0 Å². The van der Waals surface area contributed by atoms with Crippen molar-refractivity contribution in [2.75, 3.05) is 0 Å². The van der Waals surface area contributed by atoms with Crippen molar-refractivity contribution in [3.63, 3.8) is 0 Å². The number of rotatable bonds is 4. The zero-order chi connectivity index (χ0) is 33.5. The zero-order valence-electron chi connectivity index (χ0n) is 27.5. The molecule has 3 heterocycles. The first-order valence-corrected chi connectivity index (χ1v) is 18.2. The smallest absolute Gasteiger partial charge is 0.159 e. The summed E-state index contributed by atoms with van der Waals surface area (Å²) in [6.45, 7) is 0. The number of thiophene rings is 1. The van der Waals surface area contributed by atoms with E-state index in [4.69, 9.17) is 4.42 Å². The zero-order valence-corrected chi connectivity index (χ0v) is 28.3. The normalized spacial score (nSPS) is 11.9. The van der Waals surface area contributed by atoms with Crippen molar-refractivity contribution >= 4 is 75.3 Å². The lowest BCUT2D eigenvalue weighted by atomic mass is 9.95. The minimum absolute atomic E-state index is 0.885. The molecule has 0 atom stereocenters. The van der Waals surface area contributed by atoms with Crippen molar-refractivity contribution in [1.82, 2.24) is 4.57 Å². The molecule has 11 aromatic rings. The first-order chi connectivity index (χ1) is 25.3. The van der Waals surface area contributed by atoms with Gasteiger partial charge in [-0.25, -0.2) is 0 Å². The molecule has 0 N–H and O–H groups in total. The summed E-state index contributed by atoms with van der Waals surface area (Å²) in [5.41, 5.74) is 12.2. The third-order valence-electron chi connectivity index (χ3n) is 10.4. The number of hydrogen-bond donors (Lipinski definition) is 0. The molecule has 0 radical (unpaired) electrons. The average Bonchev–Trinajstić information content (AvgIpc) is 3.87. The topological polar surface area (TPSA) is 18.1 Å². The van der Waals surface area contributed by atoms with Gasteiger partial charge in [-0.1, -0.05) is 121 Å². The van der Waals surface area contributed by atoms with Crippen molar-refractivity contribution in [3.05, 3.63) is 176 Å². The number of furan rings is 1. The predicted molar refractivity (Wildman–Crippen MR) is 217 cm³/mol. The Morgan fingerprint density at radius 2 is 0.980 bits per heavy atom. The van der Waals surface area contributed by atoms with Crippen LogP contribution < -0.4 is 0 Å². The van der Waals surface area contributed by atoms with E-state index in [1.807, 2.05) is 11.3 Å². The third-order valence-corrected chi connectivity index (χ3v) is 11.5. The predicted octanol–water partition coefficient (Wildman–Crippen LogP) is 14.1. The molecular weight excluding hydrogens is 639 g/mol. The molecule has 3 heteroatoms. The van der Waals surface area contributed by atoms with Crippen LogP contribution in [0.2, 0.25) is 0 Å². The van der Waals surface area contributed by atoms with Gasteiger partial charge in [-0.2, -0.15) is 0 Å². The van der Waals surface area contributed by atoms with E-state index in [0.29, 0.717) is 0 Å². The van der Waals surface area contributed by atoms with E-state index in [1.165, 1.54) is 53.2 Å². The fourth-order valence-corrected chi connectivity index (χ4v) is 9.09. The highest BCUT2D eigenvalue weighted by molar-refractivity contribution is 7.25. The van der Waals surface area contributed by atoms with Gasteiger partial charge < -0.3 is 8.98 Å². The Hall–Kier alpha value is -6.42. The number of benzene rings is 8. The lowest BCUT2D eigenvalue weighted by Gasteiger charge is -2.09. The molecule has 0 saturated carbocycles. The van der Waals surface area contributed by atoms with Crippen LogP contribution in [0.15, 0.2) is 180 Å². The van der Waals surface area contributed by atoms with Gasteiger partial charge in [0.25, 0.3) is 0 Å². The molecule has 11 rings (SSSR count). The van der Waals surface area contributed by atoms with E-state index in [0.717, 1.165) is 49.8 Å². The van der Waals surface area contributed by atoms with Gasteiger partial charge in [-0.3, -0.25) is 0 Å². The average molecular weight is 668 g/mol. The van der Waals surface area contributed by atoms with E-state index in [1.54, 1.807) is 0 Å². The van der Waals surface area contributed by atoms with Crippen LogP contribution in [-0.2, 0) is 0 Å². The summed E-state index contributed by atoms with van der Waals surface area (Å²) in [4.78, 5) is 0. The molecule has 0 bridgehead atoms. The SMILES string of the molecule is c1ccc(-c2ccc3c(c2)c2ccccc2n3-c2cccc3c2oc2c(-c4ccccc4)cc(-c4ccc5sc6ccccc6c5c4)cc23)cc1. The Kier molecular flexibility index (Phi) is 6.16. The van der Waals surface area contributed by atoms with E-state index in [-0.39, 0.29) is 0 Å². The van der Waals surface area contributed by atoms with Crippen LogP contribution in [-0.4, -0.2) is 4.57 Å². The summed E-state index contributed by atoms with van der Waals surface area (Å²) < 4.78 is 12.1. The molecule has 0 fully saturated rings. The van der Waals surface area contributed by atoms with Gasteiger partial charge in [0.05, 0.1) is 16.7 Å². The molecule has 0 saturated heterocycles. The van der Waals surface area contributed by atoms with Crippen molar-refractivity contribution in [2.45, 2.75) is 0 Å². The van der Waals surface area contributed by atoms with Crippen molar-refractivity contribution in [3.8, 4) is 39.1 Å². The second kappa shape index (κ2) is 11.0. The lowest BCUT2D eigenvalue weighted by Crippen LogP contribution is -1.94. The minimum Gasteiger partial charge on any atom is -0.453 e. The number of hydrogen-bond acceptors (Lipinski definition) is 2. The maximum Gasteiger partial charge on any atom is 0.159 e. The number of fused-ring (bicyclic) bond motifs is 9. The molecule has 2 nitrogen and oxygen atoms in total. The lowest BCUT2D eigenvalue weighted by molar-refractivity contribution is 0.667. The summed E-state index contributed by atoms with van der Waals surface area (Å²) in [6, 6.07) is 63.6. The second-order valence-corrected chi connectivity index (χ2v) is 14.4. The van der Waals surface area contributed by atoms with Crippen LogP contribution in [0.4, 0.5) is 0 Å². The van der Waals surface area contributed by atoms with Crippen LogP contribution in [0.3, 0.4) is 0 Å². The number of nitrogens with zero attached hydrogens (tertiary/aromatic N) is 1. The van der Waals surface area contributed by atoms with Gasteiger partial charge in [-0.15, -0.1) is 11.3 Å². The second-order valence-electron chi connectivity index (χ2n) is 13.3. The fraction of sp³-hybridized carbons (Fsp3) is 0. The largest absolute Gasteiger partial charge is 0.453 e. The fourth-order valence-electron chi connectivity index (χ4n) is 8.01. The highest BCUT2D eigenvalue weighted by Crippen LogP contribution is 2.44. The Labute approximate surface area is 298 Å². The van der Waals surface area contributed by atoms with E-state index >= 15 is 0 Å². The molecule has 0 aliphatic heterocycles. The van der Waals surface area contributed by atoms with Crippen LogP contribution in [0.1, 0.15) is 0 Å². The molecular formula is C48H29NOS. The molecule has 8 aromatic carbocycles. The van der Waals surface area contributed by atoms with Gasteiger partial charge in [0.2, 0.25) is 0 Å². The van der Waals surface area contributed by atoms with E-state index < -0.39 is 0 Å². The highest BCUT2D eigenvalue weighted by atomic mass is 32.1. The monoisotopic (exact) mass is 667 g/mol. The first-order valence-electron chi connectivity index (χ1n) is 17.3. The first kappa shape index (κ1) is 28.4. The highest BCUT2D eigenvalue weighted by Gasteiger charge is 2.21. The summed E-state index contributed by atoms with van der Waals surface area (Å²) in [5.74, 6) is 0. The van der Waals surface area contributed by atoms with Gasteiger partial charge >= 0.3 is 0 Å². The van der Waals surface area contributed by atoms with Crippen LogP contribution >= 0.6 is 11.3 Å². The quantitative estimate of drug-likeness (QED) is 0.183. The molecule has 238 valence electrons. The van der Waals surface area contributed by atoms with Crippen LogP contribution in [0.5, 0.6) is 0 Å². The molecule has 0 aliphatic rings. The summed E-state index contributed by atoms with van der Waals surface area (Å²) in [5, 5.41) is 7.28. The van der Waals surface area contributed by atoms with Gasteiger partial charge in [0, 0.05) is 47.3 Å². The molecule has 0 amide bonds. The molecule has 51 heavy (non-hydrogen) atoms. The maximum atomic E-state index is 7.07. The number of para-hydroxylation sites is 2. The Bertz CT molecular complexity index is 3130. The molecule has 0 aliphatic carbocycles. The van der Waals surface area contributed by atoms with Gasteiger partial charge in [0.1, 0.15) is 5.58 Å². The standard InChI is InChI=1S/C48H29NOS/c1-3-12-30(13-4-1)32-22-24-43-39(26-32)35-16-7-9-19-42(35)49(43)44-20-11-18-37-41-29-34(28-38(47(41)50-48(37)44)31-14-5-2-6-15-31)33-23-25-46-40(27-33)36-17-8-10-21-45(36)51-46/h1-29H. The third kappa shape index (κ3) is 4.35. The maximum absolute atomic E-state index is 7.07. The van der Waals surface area contributed by atoms with Gasteiger partial charge in [0.15, 0.2) is 5.58 Å². The molecule has 3 aromatic heterocycles. The Morgan fingerprint density at radius 3 is 1.84 bits per heavy atom. The summed E-state index contributed by atoms with van der Waals surface area (Å²) in [7, 11) is 0. The molecule has 0 spiro atoms. The van der Waals surface area contributed by atoms with Crippen molar-refractivity contribution in [2.24, 2.45) is 0 Å². The Balaban J connectivity index is 1.18. The summed E-state index contributed by atoms with van der Waals surface area (Å²) in [6.07, 6.45) is 0. The molecule has 0 unspecified atom stereocenters. The van der Waals surface area contributed by atoms with Crippen molar-refractivity contribution in [1.29, 1.82) is 0 Å². The Morgan fingerprint density at radius 1 is 0.353 bits per heavy atom. The van der Waals surface area contributed by atoms with E-state index in [2.05, 4.69) is 180 Å². The van der Waals surface area contributed by atoms with Gasteiger partial charge in [-0.05, 0) is 82.4 Å². The van der Waals surface area contributed by atoms with Crippen LogP contribution in [0, 0.1) is 0 Å². The van der Waals surface area contributed by atoms with Crippen molar-refractivity contribution < 1.29 is 4.42 Å². The summed E-state index contributed by atoms with van der Waals surface area (Å²) >= 11 is 1.86. The van der Waals surface area contributed by atoms with Crippen LogP contribution in [0.25, 0.3) is 103 Å².